The Hall–Kier alpha value is -4.39. The van der Waals surface area contributed by atoms with E-state index in [1.165, 1.54) is 19.3 Å². The Kier molecular flexibility index (Phi) is 7.71. The molecule has 0 aliphatic heterocycles. The van der Waals surface area contributed by atoms with E-state index < -0.39 is 35.7 Å². The molecule has 0 fully saturated rings. The van der Waals surface area contributed by atoms with Gasteiger partial charge in [-0.15, -0.1) is 0 Å². The van der Waals surface area contributed by atoms with E-state index in [1.807, 2.05) is 0 Å². The van der Waals surface area contributed by atoms with Crippen LogP contribution in [0.15, 0.2) is 59.7 Å². The first-order valence-corrected chi connectivity index (χ1v) is 10.1. The number of hydrogen-bond donors (Lipinski definition) is 4. The number of benzene rings is 1. The average molecular weight is 490 g/mol. The highest BCUT2D eigenvalue weighted by Crippen LogP contribution is 2.29. The minimum absolute atomic E-state index is 0.0201. The number of carbonyl (C=O) groups excluding carboxylic acids is 2. The molecule has 0 atom stereocenters. The van der Waals surface area contributed by atoms with Crippen LogP contribution < -0.4 is 32.0 Å². The third kappa shape index (κ3) is 6.57. The lowest BCUT2D eigenvalue weighted by Gasteiger charge is -2.13. The number of halogens is 3. The number of anilines is 1. The van der Waals surface area contributed by atoms with Crippen molar-refractivity contribution in [2.24, 2.45) is 5.73 Å². The van der Waals surface area contributed by atoms with Crippen LogP contribution in [0.5, 0.6) is 11.5 Å². The molecule has 2 aromatic heterocycles. The number of carbonyl (C=O) groups is 2. The number of ether oxygens (including phenoxy) is 1. The molecule has 0 saturated heterocycles. The summed E-state index contributed by atoms with van der Waals surface area (Å²) in [6.07, 6.45) is -2.70. The van der Waals surface area contributed by atoms with E-state index in [2.05, 4.69) is 20.9 Å². The van der Waals surface area contributed by atoms with Crippen LogP contribution in [0.25, 0.3) is 0 Å². The Morgan fingerprint density at radius 1 is 1.11 bits per heavy atom. The SMILES string of the molecule is CNC(=O)c1cc(Oc2ccc(CNC(=O)Nc3cc(C(F)(F)F)cn(CN)c3=O)cc2)ccn1. The predicted molar refractivity (Wildman–Crippen MR) is 120 cm³/mol. The molecule has 3 amide bonds. The van der Waals surface area contributed by atoms with Gasteiger partial charge < -0.3 is 31.0 Å². The van der Waals surface area contributed by atoms with Crippen molar-refractivity contribution in [3.63, 3.8) is 0 Å². The Morgan fingerprint density at radius 3 is 2.46 bits per heavy atom. The molecule has 35 heavy (non-hydrogen) atoms. The first kappa shape index (κ1) is 25.2. The van der Waals surface area contributed by atoms with Gasteiger partial charge in [0.15, 0.2) is 0 Å². The molecule has 3 rings (SSSR count). The number of nitrogens with one attached hydrogen (secondary N) is 3. The predicted octanol–water partition coefficient (Wildman–Crippen LogP) is 2.65. The summed E-state index contributed by atoms with van der Waals surface area (Å²) in [6, 6.07) is 9.30. The Morgan fingerprint density at radius 2 is 1.83 bits per heavy atom. The van der Waals surface area contributed by atoms with Crippen molar-refractivity contribution in [3.8, 4) is 11.5 Å². The third-order valence-corrected chi connectivity index (χ3v) is 4.66. The summed E-state index contributed by atoms with van der Waals surface area (Å²) in [5.41, 5.74) is 3.62. The molecular formula is C22H21F3N6O4. The topological polar surface area (TPSA) is 140 Å². The van der Waals surface area contributed by atoms with E-state index in [4.69, 9.17) is 10.5 Å². The fraction of sp³-hybridized carbons (Fsp3) is 0.182. The van der Waals surface area contributed by atoms with Gasteiger partial charge in [0.1, 0.15) is 22.9 Å². The van der Waals surface area contributed by atoms with Crippen LogP contribution in [-0.2, 0) is 19.4 Å². The molecule has 0 aliphatic carbocycles. The van der Waals surface area contributed by atoms with Crippen LogP contribution in [-0.4, -0.2) is 28.5 Å². The summed E-state index contributed by atoms with van der Waals surface area (Å²) in [4.78, 5) is 40.0. The van der Waals surface area contributed by atoms with Crippen molar-refractivity contribution in [3.05, 3.63) is 82.0 Å². The van der Waals surface area contributed by atoms with E-state index in [-0.39, 0.29) is 18.1 Å². The minimum Gasteiger partial charge on any atom is -0.457 e. The first-order chi connectivity index (χ1) is 16.6. The number of hydrogen-bond acceptors (Lipinski definition) is 6. The number of alkyl halides is 3. The largest absolute Gasteiger partial charge is 0.457 e. The van der Waals surface area contributed by atoms with Gasteiger partial charge in [-0.1, -0.05) is 12.1 Å². The Bertz CT molecular complexity index is 1280. The van der Waals surface area contributed by atoms with Crippen LogP contribution in [0, 0.1) is 0 Å². The molecule has 2 heterocycles. The zero-order valence-corrected chi connectivity index (χ0v) is 18.3. The lowest BCUT2D eigenvalue weighted by Crippen LogP contribution is -2.34. The zero-order chi connectivity index (χ0) is 25.6. The maximum Gasteiger partial charge on any atom is 0.417 e. The zero-order valence-electron chi connectivity index (χ0n) is 18.3. The fourth-order valence-electron chi connectivity index (χ4n) is 2.90. The monoisotopic (exact) mass is 490 g/mol. The molecule has 0 spiro atoms. The van der Waals surface area contributed by atoms with Crippen LogP contribution in [0.2, 0.25) is 0 Å². The highest BCUT2D eigenvalue weighted by molar-refractivity contribution is 5.92. The molecule has 0 aliphatic rings. The van der Waals surface area contributed by atoms with E-state index in [0.717, 1.165) is 0 Å². The van der Waals surface area contributed by atoms with Gasteiger partial charge in [0, 0.05) is 32.1 Å². The maximum absolute atomic E-state index is 13.0. The van der Waals surface area contributed by atoms with Crippen molar-refractivity contribution in [1.29, 1.82) is 0 Å². The lowest BCUT2D eigenvalue weighted by molar-refractivity contribution is -0.138. The Balaban J connectivity index is 1.61. The highest BCUT2D eigenvalue weighted by Gasteiger charge is 2.32. The van der Waals surface area contributed by atoms with Crippen LogP contribution in [0.4, 0.5) is 23.7 Å². The molecule has 0 unspecified atom stereocenters. The molecule has 10 nitrogen and oxygen atoms in total. The van der Waals surface area contributed by atoms with Gasteiger partial charge in [-0.3, -0.25) is 14.6 Å². The van der Waals surface area contributed by atoms with E-state index in [9.17, 15) is 27.6 Å². The molecule has 3 aromatic rings. The van der Waals surface area contributed by atoms with Gasteiger partial charge in [0.25, 0.3) is 11.5 Å². The van der Waals surface area contributed by atoms with Gasteiger partial charge in [0.05, 0.1) is 12.2 Å². The van der Waals surface area contributed by atoms with Gasteiger partial charge >= 0.3 is 12.2 Å². The summed E-state index contributed by atoms with van der Waals surface area (Å²) in [5.74, 6) is 0.494. The number of nitrogens with two attached hydrogens (primary N) is 1. The second-order valence-electron chi connectivity index (χ2n) is 7.11. The van der Waals surface area contributed by atoms with Crippen molar-refractivity contribution in [2.45, 2.75) is 19.4 Å². The Labute approximate surface area is 196 Å². The summed E-state index contributed by atoms with van der Waals surface area (Å²) in [6.45, 7) is -0.466. The summed E-state index contributed by atoms with van der Waals surface area (Å²) >= 11 is 0. The van der Waals surface area contributed by atoms with Gasteiger partial charge in [-0.05, 0) is 29.8 Å². The lowest BCUT2D eigenvalue weighted by atomic mass is 10.2. The highest BCUT2D eigenvalue weighted by atomic mass is 19.4. The normalized spacial score (nSPS) is 11.0. The molecule has 0 bridgehead atoms. The molecule has 5 N–H and O–H groups in total. The van der Waals surface area contributed by atoms with Crippen LogP contribution in [0.1, 0.15) is 21.6 Å². The first-order valence-electron chi connectivity index (χ1n) is 10.1. The average Bonchev–Trinajstić information content (AvgIpc) is 2.83. The van der Waals surface area contributed by atoms with E-state index in [0.29, 0.717) is 33.9 Å². The van der Waals surface area contributed by atoms with Crippen molar-refractivity contribution in [2.75, 3.05) is 12.4 Å². The minimum atomic E-state index is -4.72. The maximum atomic E-state index is 13.0. The number of rotatable bonds is 7. The van der Waals surface area contributed by atoms with Crippen molar-refractivity contribution < 1.29 is 27.5 Å². The second kappa shape index (κ2) is 10.7. The standard InChI is InChI=1S/C22H21F3N6O4/c1-27-19(32)17-9-16(6-7-28-17)35-15-4-2-13(3-5-15)10-29-21(34)30-18-8-14(22(23,24)25)11-31(12-26)20(18)33/h2-9,11H,10,12,26H2,1H3,(H,27,32)(H2,29,30,34). The number of nitrogens with zero attached hydrogens (tertiary/aromatic N) is 2. The van der Waals surface area contributed by atoms with E-state index >= 15 is 0 Å². The van der Waals surface area contributed by atoms with Gasteiger partial charge in [0.2, 0.25) is 0 Å². The number of urea groups is 1. The van der Waals surface area contributed by atoms with Crippen molar-refractivity contribution >= 4 is 17.6 Å². The number of amides is 3. The van der Waals surface area contributed by atoms with E-state index in [1.54, 1.807) is 30.3 Å². The molecule has 0 saturated carbocycles. The number of pyridine rings is 2. The summed E-state index contributed by atoms with van der Waals surface area (Å²) in [5, 5.41) is 7.06. The molecule has 13 heteroatoms. The molecule has 1 aromatic carbocycles. The van der Waals surface area contributed by atoms with Gasteiger partial charge in [-0.25, -0.2) is 4.79 Å². The fourth-order valence-corrected chi connectivity index (χ4v) is 2.90. The summed E-state index contributed by atoms with van der Waals surface area (Å²) in [7, 11) is 1.49. The molecule has 0 radical (unpaired) electrons. The van der Waals surface area contributed by atoms with Crippen LogP contribution >= 0.6 is 0 Å². The molecular weight excluding hydrogens is 469 g/mol. The van der Waals surface area contributed by atoms with Crippen LogP contribution in [0.3, 0.4) is 0 Å². The van der Waals surface area contributed by atoms with Gasteiger partial charge in [-0.2, -0.15) is 13.2 Å². The second-order valence-corrected chi connectivity index (χ2v) is 7.11. The smallest absolute Gasteiger partial charge is 0.417 e. The molecule has 184 valence electrons. The third-order valence-electron chi connectivity index (χ3n) is 4.66. The number of aromatic nitrogens is 2. The summed E-state index contributed by atoms with van der Waals surface area (Å²) < 4.78 is 45.5. The van der Waals surface area contributed by atoms with Crippen molar-refractivity contribution in [1.82, 2.24) is 20.2 Å². The quantitative estimate of drug-likeness (QED) is 0.401.